The van der Waals surface area contributed by atoms with Crippen LogP contribution in [0.25, 0.3) is 33.7 Å². The SMILES string of the molecule is O=C(CSc1nnc(-c2cc(-c3ccccn3)nc3ccccc23)o1)N[C@H]1CCCc2ccccc21. The van der Waals surface area contributed by atoms with Crippen LogP contribution in [0, 0.1) is 0 Å². The van der Waals surface area contributed by atoms with Crippen molar-refractivity contribution in [3.8, 4) is 22.8 Å². The number of hydrogen-bond acceptors (Lipinski definition) is 7. The second-order valence-electron chi connectivity index (χ2n) is 8.66. The number of benzene rings is 2. The second-order valence-corrected chi connectivity index (χ2v) is 9.59. The van der Waals surface area contributed by atoms with E-state index in [2.05, 4.69) is 38.7 Å². The summed E-state index contributed by atoms with van der Waals surface area (Å²) in [5.74, 6) is 0.541. The maximum atomic E-state index is 12.7. The molecule has 1 aliphatic carbocycles. The van der Waals surface area contributed by atoms with Gasteiger partial charge < -0.3 is 9.73 Å². The first kappa shape index (κ1) is 22.4. The van der Waals surface area contributed by atoms with Crippen molar-refractivity contribution in [2.24, 2.45) is 0 Å². The molecule has 0 saturated carbocycles. The van der Waals surface area contributed by atoms with Gasteiger partial charge in [-0.15, -0.1) is 10.2 Å². The van der Waals surface area contributed by atoms with Crippen LogP contribution in [0.15, 0.2) is 88.6 Å². The predicted molar refractivity (Wildman–Crippen MR) is 139 cm³/mol. The minimum Gasteiger partial charge on any atom is -0.411 e. The molecule has 0 bridgehead atoms. The summed E-state index contributed by atoms with van der Waals surface area (Å²) < 4.78 is 5.98. The Morgan fingerprint density at radius 1 is 1.00 bits per heavy atom. The highest BCUT2D eigenvalue weighted by atomic mass is 32.2. The summed E-state index contributed by atoms with van der Waals surface area (Å²) in [6.45, 7) is 0. The molecule has 3 heterocycles. The van der Waals surface area contributed by atoms with Crippen molar-refractivity contribution in [1.82, 2.24) is 25.5 Å². The number of hydrogen-bond donors (Lipinski definition) is 1. The summed E-state index contributed by atoms with van der Waals surface area (Å²) in [4.78, 5) is 21.9. The van der Waals surface area contributed by atoms with E-state index in [0.717, 1.165) is 47.1 Å². The molecule has 6 rings (SSSR count). The molecule has 3 aromatic heterocycles. The lowest BCUT2D eigenvalue weighted by Crippen LogP contribution is -2.32. The van der Waals surface area contributed by atoms with Gasteiger partial charge in [0.1, 0.15) is 0 Å². The Balaban J connectivity index is 1.20. The van der Waals surface area contributed by atoms with Crippen molar-refractivity contribution in [1.29, 1.82) is 0 Å². The normalized spacial score (nSPS) is 14.9. The van der Waals surface area contributed by atoms with Crippen molar-refractivity contribution in [3.63, 3.8) is 0 Å². The summed E-state index contributed by atoms with van der Waals surface area (Å²) in [7, 11) is 0. The number of thioether (sulfide) groups is 1. The fourth-order valence-corrected chi connectivity index (χ4v) is 5.22. The zero-order valence-electron chi connectivity index (χ0n) is 19.4. The Morgan fingerprint density at radius 3 is 2.78 bits per heavy atom. The lowest BCUT2D eigenvalue weighted by Gasteiger charge is -2.26. The summed E-state index contributed by atoms with van der Waals surface area (Å²) in [6, 6.07) is 23.8. The molecule has 7 nitrogen and oxygen atoms in total. The number of para-hydroxylation sites is 1. The van der Waals surface area contributed by atoms with Crippen LogP contribution in [0.5, 0.6) is 0 Å². The third kappa shape index (κ3) is 4.59. The summed E-state index contributed by atoms with van der Waals surface area (Å²) in [5.41, 5.74) is 5.62. The standard InChI is InChI=1S/C28H23N5O2S/c34-26(31-22-14-7-9-18-8-1-2-10-19(18)22)17-36-28-33-32-27(35-28)21-16-25(24-13-5-6-15-29-24)30-23-12-4-3-11-20(21)23/h1-6,8,10-13,15-16,22H,7,9,14,17H2,(H,31,34)/t22-/m0/s1. The van der Waals surface area contributed by atoms with Crippen LogP contribution in [0.2, 0.25) is 0 Å². The van der Waals surface area contributed by atoms with Gasteiger partial charge in [0.15, 0.2) is 0 Å². The van der Waals surface area contributed by atoms with Gasteiger partial charge in [0, 0.05) is 11.6 Å². The molecule has 178 valence electrons. The Labute approximate surface area is 212 Å². The van der Waals surface area contributed by atoms with Crippen molar-refractivity contribution in [3.05, 3.63) is 90.1 Å². The van der Waals surface area contributed by atoms with Crippen LogP contribution in [0.4, 0.5) is 0 Å². The minimum absolute atomic E-state index is 0.0479. The van der Waals surface area contributed by atoms with E-state index in [4.69, 9.17) is 9.40 Å². The maximum absolute atomic E-state index is 12.7. The zero-order valence-corrected chi connectivity index (χ0v) is 20.2. The number of pyridine rings is 2. The first-order valence-electron chi connectivity index (χ1n) is 11.9. The maximum Gasteiger partial charge on any atom is 0.277 e. The minimum atomic E-state index is -0.0479. The van der Waals surface area contributed by atoms with E-state index in [1.807, 2.05) is 54.6 Å². The quantitative estimate of drug-likeness (QED) is 0.306. The largest absolute Gasteiger partial charge is 0.411 e. The lowest BCUT2D eigenvalue weighted by atomic mass is 9.88. The molecule has 0 radical (unpaired) electrons. The first-order valence-corrected chi connectivity index (χ1v) is 12.9. The van der Waals surface area contributed by atoms with E-state index in [0.29, 0.717) is 11.1 Å². The summed E-state index contributed by atoms with van der Waals surface area (Å²) >= 11 is 1.24. The van der Waals surface area contributed by atoms with Crippen LogP contribution in [-0.2, 0) is 11.2 Å². The van der Waals surface area contributed by atoms with Gasteiger partial charge in [-0.3, -0.25) is 9.78 Å². The van der Waals surface area contributed by atoms with E-state index in [1.165, 1.54) is 22.9 Å². The molecule has 36 heavy (non-hydrogen) atoms. The molecular weight excluding hydrogens is 470 g/mol. The number of carbonyl (C=O) groups is 1. The van der Waals surface area contributed by atoms with Crippen molar-refractivity contribution < 1.29 is 9.21 Å². The fourth-order valence-electron chi connectivity index (χ4n) is 4.64. The molecule has 8 heteroatoms. The summed E-state index contributed by atoms with van der Waals surface area (Å²) in [5, 5.41) is 12.9. The molecule has 1 N–H and O–H groups in total. The van der Waals surface area contributed by atoms with E-state index in [-0.39, 0.29) is 17.7 Å². The topological polar surface area (TPSA) is 93.8 Å². The highest BCUT2D eigenvalue weighted by Crippen LogP contribution is 2.33. The van der Waals surface area contributed by atoms with Gasteiger partial charge >= 0.3 is 0 Å². The van der Waals surface area contributed by atoms with Crippen LogP contribution in [0.1, 0.15) is 30.0 Å². The van der Waals surface area contributed by atoms with Gasteiger partial charge in [-0.1, -0.05) is 60.3 Å². The average molecular weight is 494 g/mol. The number of amides is 1. The predicted octanol–water partition coefficient (Wildman–Crippen LogP) is 5.63. The monoisotopic (exact) mass is 493 g/mol. The number of fused-ring (bicyclic) bond motifs is 2. The number of aromatic nitrogens is 4. The molecule has 0 aliphatic heterocycles. The van der Waals surface area contributed by atoms with Crippen LogP contribution in [0.3, 0.4) is 0 Å². The Bertz CT molecular complexity index is 1540. The average Bonchev–Trinajstić information content (AvgIpc) is 3.41. The molecule has 0 spiro atoms. The van der Waals surface area contributed by atoms with Crippen LogP contribution >= 0.6 is 11.8 Å². The smallest absolute Gasteiger partial charge is 0.277 e. The van der Waals surface area contributed by atoms with Crippen LogP contribution < -0.4 is 5.32 Å². The van der Waals surface area contributed by atoms with Crippen molar-refractivity contribution in [2.75, 3.05) is 5.75 Å². The lowest BCUT2D eigenvalue weighted by molar-refractivity contribution is -0.119. The van der Waals surface area contributed by atoms with E-state index in [9.17, 15) is 4.79 Å². The molecule has 0 unspecified atom stereocenters. The number of nitrogens with zero attached hydrogens (tertiary/aromatic N) is 4. The third-order valence-electron chi connectivity index (χ3n) is 6.31. The Kier molecular flexibility index (Phi) is 6.17. The van der Waals surface area contributed by atoms with Gasteiger partial charge in [-0.25, -0.2) is 4.98 Å². The van der Waals surface area contributed by atoms with Crippen molar-refractivity contribution in [2.45, 2.75) is 30.5 Å². The number of aryl methyl sites for hydroxylation is 1. The molecule has 0 fully saturated rings. The molecule has 5 aromatic rings. The summed E-state index contributed by atoms with van der Waals surface area (Å²) in [6.07, 6.45) is 4.83. The van der Waals surface area contributed by atoms with Crippen LogP contribution in [-0.4, -0.2) is 31.8 Å². The molecule has 0 saturated heterocycles. The highest BCUT2D eigenvalue weighted by molar-refractivity contribution is 7.99. The van der Waals surface area contributed by atoms with Gasteiger partial charge in [0.05, 0.1) is 34.3 Å². The zero-order chi connectivity index (χ0) is 24.3. The highest BCUT2D eigenvalue weighted by Gasteiger charge is 2.22. The fraction of sp³-hybridized carbons (Fsp3) is 0.179. The third-order valence-corrected chi connectivity index (χ3v) is 7.13. The Hall–Kier alpha value is -4.04. The Morgan fingerprint density at radius 2 is 1.86 bits per heavy atom. The second kappa shape index (κ2) is 9.91. The molecule has 1 aliphatic rings. The molecule has 2 aromatic carbocycles. The van der Waals surface area contributed by atoms with Gasteiger partial charge in [-0.2, -0.15) is 0 Å². The number of nitrogens with one attached hydrogen (secondary N) is 1. The number of rotatable bonds is 6. The number of carbonyl (C=O) groups excluding carboxylic acids is 1. The van der Waals surface area contributed by atoms with Gasteiger partial charge in [-0.05, 0) is 54.7 Å². The molecular formula is C28H23N5O2S. The van der Waals surface area contributed by atoms with E-state index in [1.54, 1.807) is 6.20 Å². The van der Waals surface area contributed by atoms with Crippen molar-refractivity contribution >= 4 is 28.6 Å². The van der Waals surface area contributed by atoms with E-state index < -0.39 is 0 Å². The van der Waals surface area contributed by atoms with E-state index >= 15 is 0 Å². The first-order chi connectivity index (χ1) is 17.7. The molecule has 1 atom stereocenters. The van der Waals surface area contributed by atoms with Gasteiger partial charge in [0.25, 0.3) is 5.22 Å². The van der Waals surface area contributed by atoms with Gasteiger partial charge in [0.2, 0.25) is 11.8 Å². The molecule has 1 amide bonds.